The number of anilines is 1. The number of aromatic nitrogens is 2. The van der Waals surface area contributed by atoms with Gasteiger partial charge in [-0.05, 0) is 18.2 Å². The molecular weight excluding hydrogens is 342 g/mol. The Hall–Kier alpha value is -2.87. The molecule has 4 rings (SSSR count). The first-order valence-corrected chi connectivity index (χ1v) is 8.52. The van der Waals surface area contributed by atoms with Crippen molar-refractivity contribution in [1.29, 1.82) is 0 Å². The summed E-state index contributed by atoms with van der Waals surface area (Å²) in [5.74, 6) is 1.09. The topological polar surface area (TPSA) is 81.9 Å². The molecule has 128 valence electrons. The minimum atomic E-state index is -0.453. The Labute approximate surface area is 146 Å². The van der Waals surface area contributed by atoms with Gasteiger partial charge < -0.3 is 14.8 Å². The highest BCUT2D eigenvalue weighted by atomic mass is 32.1. The van der Waals surface area contributed by atoms with Crippen LogP contribution in [0, 0.1) is 0 Å². The zero-order valence-electron chi connectivity index (χ0n) is 13.6. The van der Waals surface area contributed by atoms with Gasteiger partial charge in [-0.25, -0.2) is 0 Å². The number of ether oxygens (including phenoxy) is 2. The summed E-state index contributed by atoms with van der Waals surface area (Å²) in [7, 11) is 3.13. The van der Waals surface area contributed by atoms with Crippen LogP contribution in [-0.2, 0) is 4.79 Å². The fourth-order valence-electron chi connectivity index (χ4n) is 3.19. The molecule has 1 aliphatic heterocycles. The molecule has 1 aromatic carbocycles. The van der Waals surface area contributed by atoms with E-state index in [1.807, 2.05) is 5.38 Å². The molecule has 1 atom stereocenters. The van der Waals surface area contributed by atoms with Crippen LogP contribution >= 0.6 is 11.3 Å². The predicted octanol–water partition coefficient (Wildman–Crippen LogP) is 2.25. The molecule has 1 aliphatic rings. The third kappa shape index (κ3) is 2.45. The second-order valence-corrected chi connectivity index (χ2v) is 6.52. The van der Waals surface area contributed by atoms with E-state index in [4.69, 9.17) is 9.47 Å². The fraction of sp³-hybridized carbons (Fsp3) is 0.235. The van der Waals surface area contributed by atoms with Gasteiger partial charge in [0.2, 0.25) is 5.91 Å². The molecule has 0 aliphatic carbocycles. The van der Waals surface area contributed by atoms with E-state index in [0.717, 1.165) is 5.56 Å². The largest absolute Gasteiger partial charge is 0.497 e. The van der Waals surface area contributed by atoms with Gasteiger partial charge in [0, 0.05) is 29.5 Å². The van der Waals surface area contributed by atoms with Gasteiger partial charge in [0.1, 0.15) is 17.3 Å². The quantitative estimate of drug-likeness (QED) is 0.777. The van der Waals surface area contributed by atoms with Gasteiger partial charge in [0.25, 0.3) is 5.56 Å². The average Bonchev–Trinajstić information content (AvgIpc) is 3.09. The van der Waals surface area contributed by atoms with Gasteiger partial charge >= 0.3 is 0 Å². The number of carbonyl (C=O) groups is 1. The summed E-state index contributed by atoms with van der Waals surface area (Å²) < 4.78 is 12.5. The molecule has 25 heavy (non-hydrogen) atoms. The highest BCUT2D eigenvalue weighted by molar-refractivity contribution is 7.15. The van der Waals surface area contributed by atoms with E-state index in [0.29, 0.717) is 27.8 Å². The third-order valence-electron chi connectivity index (χ3n) is 4.32. The van der Waals surface area contributed by atoms with E-state index in [1.54, 1.807) is 43.0 Å². The maximum Gasteiger partial charge on any atom is 0.279 e. The molecule has 0 spiro atoms. The molecule has 0 fully saturated rings. The van der Waals surface area contributed by atoms with Crippen LogP contribution in [0.5, 0.6) is 11.5 Å². The minimum absolute atomic E-state index is 0.143. The van der Waals surface area contributed by atoms with E-state index in [-0.39, 0.29) is 17.9 Å². The Balaban J connectivity index is 2.00. The molecule has 3 heterocycles. The number of amides is 1. The molecule has 3 aromatic rings. The SMILES string of the molecule is COc1ccc(OC)c(C2CC(=O)Nc3c2c(=O)nc2sccn32)c1. The lowest BCUT2D eigenvalue weighted by molar-refractivity contribution is -0.116. The van der Waals surface area contributed by atoms with E-state index in [1.165, 1.54) is 11.3 Å². The number of nitrogens with zero attached hydrogens (tertiary/aromatic N) is 2. The molecule has 0 bridgehead atoms. The van der Waals surface area contributed by atoms with Crippen LogP contribution in [-0.4, -0.2) is 29.5 Å². The van der Waals surface area contributed by atoms with E-state index < -0.39 is 5.92 Å². The van der Waals surface area contributed by atoms with Gasteiger partial charge in [-0.15, -0.1) is 11.3 Å². The Morgan fingerprint density at radius 1 is 1.28 bits per heavy atom. The lowest BCUT2D eigenvalue weighted by Gasteiger charge is -2.26. The average molecular weight is 357 g/mol. The standard InChI is InChI=1S/C17H15N3O4S/c1-23-9-3-4-12(24-2)10(7-9)11-8-13(21)18-15-14(11)16(22)19-17-20(15)5-6-25-17/h3-7,11H,8H2,1-2H3,(H,18,21). The second-order valence-electron chi connectivity index (χ2n) is 5.65. The number of benzene rings is 1. The summed E-state index contributed by atoms with van der Waals surface area (Å²) in [6, 6.07) is 5.35. The smallest absolute Gasteiger partial charge is 0.279 e. The van der Waals surface area contributed by atoms with Crippen LogP contribution in [0.1, 0.15) is 23.5 Å². The lowest BCUT2D eigenvalue weighted by atomic mass is 9.86. The Morgan fingerprint density at radius 3 is 2.88 bits per heavy atom. The molecular formula is C17H15N3O4S. The summed E-state index contributed by atoms with van der Waals surface area (Å²) in [5.41, 5.74) is 0.849. The van der Waals surface area contributed by atoms with Crippen LogP contribution in [0.15, 0.2) is 34.6 Å². The summed E-state index contributed by atoms with van der Waals surface area (Å²) in [6.45, 7) is 0. The first-order valence-electron chi connectivity index (χ1n) is 7.64. The number of carbonyl (C=O) groups excluding carboxylic acids is 1. The fourth-order valence-corrected chi connectivity index (χ4v) is 3.90. The maximum absolute atomic E-state index is 12.7. The zero-order valence-corrected chi connectivity index (χ0v) is 14.4. The molecule has 1 amide bonds. The van der Waals surface area contributed by atoms with Crippen LogP contribution in [0.25, 0.3) is 4.96 Å². The van der Waals surface area contributed by atoms with Crippen molar-refractivity contribution in [1.82, 2.24) is 9.38 Å². The Kier molecular flexibility index (Phi) is 3.69. The second kappa shape index (κ2) is 5.89. The first kappa shape index (κ1) is 15.6. The molecule has 8 heteroatoms. The first-order chi connectivity index (χ1) is 12.1. The van der Waals surface area contributed by atoms with Crippen LogP contribution in [0.3, 0.4) is 0 Å². The predicted molar refractivity (Wildman–Crippen MR) is 94.0 cm³/mol. The Morgan fingerprint density at radius 2 is 2.12 bits per heavy atom. The molecule has 7 nitrogen and oxygen atoms in total. The molecule has 1 N–H and O–H groups in total. The van der Waals surface area contributed by atoms with E-state index >= 15 is 0 Å². The van der Waals surface area contributed by atoms with Crippen LogP contribution < -0.4 is 20.3 Å². The van der Waals surface area contributed by atoms with Gasteiger partial charge in [-0.1, -0.05) is 0 Å². The maximum atomic E-state index is 12.7. The van der Waals surface area contributed by atoms with Crippen LogP contribution in [0.4, 0.5) is 5.82 Å². The van der Waals surface area contributed by atoms with Crippen molar-refractivity contribution in [2.24, 2.45) is 0 Å². The van der Waals surface area contributed by atoms with Gasteiger partial charge in [-0.2, -0.15) is 4.98 Å². The number of rotatable bonds is 3. The van der Waals surface area contributed by atoms with Crippen LogP contribution in [0.2, 0.25) is 0 Å². The Bertz CT molecular complexity index is 1040. The summed E-state index contributed by atoms with van der Waals surface area (Å²) >= 11 is 1.34. The van der Waals surface area contributed by atoms with Crippen molar-refractivity contribution in [3.63, 3.8) is 0 Å². The van der Waals surface area contributed by atoms with Gasteiger partial charge in [-0.3, -0.25) is 14.0 Å². The monoisotopic (exact) mass is 357 g/mol. The van der Waals surface area contributed by atoms with Gasteiger partial charge in [0.05, 0.1) is 19.8 Å². The number of methoxy groups -OCH3 is 2. The number of thiazole rings is 1. The van der Waals surface area contributed by atoms with E-state index in [2.05, 4.69) is 10.3 Å². The van der Waals surface area contributed by atoms with Crippen molar-refractivity contribution in [3.8, 4) is 11.5 Å². The van der Waals surface area contributed by atoms with E-state index in [9.17, 15) is 9.59 Å². The number of nitrogens with one attached hydrogen (secondary N) is 1. The highest BCUT2D eigenvalue weighted by Gasteiger charge is 2.33. The summed E-state index contributed by atoms with van der Waals surface area (Å²) in [5, 5.41) is 4.64. The highest BCUT2D eigenvalue weighted by Crippen LogP contribution is 2.40. The number of hydrogen-bond acceptors (Lipinski definition) is 6. The molecule has 1 unspecified atom stereocenters. The van der Waals surface area contributed by atoms with Crippen molar-refractivity contribution < 1.29 is 14.3 Å². The van der Waals surface area contributed by atoms with Crippen molar-refractivity contribution >= 4 is 28.0 Å². The normalized spacial score (nSPS) is 16.4. The third-order valence-corrected chi connectivity index (χ3v) is 5.08. The van der Waals surface area contributed by atoms with Crippen molar-refractivity contribution in [2.75, 3.05) is 19.5 Å². The van der Waals surface area contributed by atoms with Crippen molar-refractivity contribution in [3.05, 3.63) is 51.3 Å². The molecule has 0 saturated heterocycles. The van der Waals surface area contributed by atoms with Crippen molar-refractivity contribution in [2.45, 2.75) is 12.3 Å². The molecule has 2 aromatic heterocycles. The zero-order chi connectivity index (χ0) is 17.6. The number of fused-ring (bicyclic) bond motifs is 3. The lowest BCUT2D eigenvalue weighted by Crippen LogP contribution is -2.32. The summed E-state index contributed by atoms with van der Waals surface area (Å²) in [4.78, 5) is 29.7. The van der Waals surface area contributed by atoms with Gasteiger partial charge in [0.15, 0.2) is 4.96 Å². The molecule has 0 saturated carbocycles. The molecule has 0 radical (unpaired) electrons. The summed E-state index contributed by atoms with van der Waals surface area (Å²) in [6.07, 6.45) is 1.93. The number of hydrogen-bond donors (Lipinski definition) is 1. The minimum Gasteiger partial charge on any atom is -0.497 e.